The van der Waals surface area contributed by atoms with E-state index in [1.54, 1.807) is 31.2 Å². The molecule has 1 amide bonds. The third kappa shape index (κ3) is 6.80. The predicted molar refractivity (Wildman–Crippen MR) is 138 cm³/mol. The van der Waals surface area contributed by atoms with Gasteiger partial charge in [-0.1, -0.05) is 62.2 Å². The Labute approximate surface area is 224 Å². The molecule has 3 rings (SSSR count). The number of amides is 1. The molecule has 11 heteroatoms. The van der Waals surface area contributed by atoms with Gasteiger partial charge in [-0.15, -0.1) is 0 Å². The lowest BCUT2D eigenvalue weighted by Gasteiger charge is -2.36. The van der Waals surface area contributed by atoms with Crippen LogP contribution in [0.25, 0.3) is 5.69 Å². The van der Waals surface area contributed by atoms with Crippen LogP contribution in [0.3, 0.4) is 0 Å². The second-order valence-corrected chi connectivity index (χ2v) is 10.6. The summed E-state index contributed by atoms with van der Waals surface area (Å²) < 4.78 is 21.0. The van der Waals surface area contributed by atoms with E-state index in [-0.39, 0.29) is 33.9 Å². The summed E-state index contributed by atoms with van der Waals surface area (Å²) in [6.07, 6.45) is -0.464. The van der Waals surface area contributed by atoms with E-state index in [1.165, 1.54) is 28.9 Å². The van der Waals surface area contributed by atoms with Crippen molar-refractivity contribution in [2.75, 3.05) is 6.61 Å². The highest BCUT2D eigenvalue weighted by molar-refractivity contribution is 6.42. The van der Waals surface area contributed by atoms with Gasteiger partial charge in [0.25, 0.3) is 5.91 Å². The molecular weight excluding hydrogens is 524 g/mol. The standard InChI is InChI=1S/C26H28Cl2FN3O5/c1-25(2,3)26(4,36)14-37-21-12-20(31-32(21)16-8-5-7-15(29)11-16)24(35)30-19(13-22(33)34)17-9-6-10-18(27)23(17)28/h5-12,19,36H,13-14H2,1-4H3,(H,30,35)(H,33,34)/t19-,26+/m0/s1. The van der Waals surface area contributed by atoms with Gasteiger partial charge in [0.1, 0.15) is 18.0 Å². The van der Waals surface area contributed by atoms with Crippen LogP contribution in [-0.4, -0.2) is 44.1 Å². The normalized spacial score (nSPS) is 14.1. The number of nitrogens with zero attached hydrogens (tertiary/aromatic N) is 2. The maximum atomic E-state index is 14.0. The van der Waals surface area contributed by atoms with E-state index in [0.717, 1.165) is 0 Å². The van der Waals surface area contributed by atoms with Crippen LogP contribution in [0.15, 0.2) is 48.5 Å². The zero-order valence-corrected chi connectivity index (χ0v) is 22.3. The molecule has 0 unspecified atom stereocenters. The molecule has 0 fully saturated rings. The van der Waals surface area contributed by atoms with Crippen molar-refractivity contribution in [1.29, 1.82) is 0 Å². The summed E-state index contributed by atoms with van der Waals surface area (Å²) in [6.45, 7) is 7.03. The van der Waals surface area contributed by atoms with Crippen LogP contribution in [-0.2, 0) is 4.79 Å². The van der Waals surface area contributed by atoms with E-state index in [0.29, 0.717) is 5.56 Å². The van der Waals surface area contributed by atoms with Crippen molar-refractivity contribution in [2.45, 2.75) is 45.8 Å². The van der Waals surface area contributed by atoms with Gasteiger partial charge in [0.05, 0.1) is 28.2 Å². The SMILES string of the molecule is CC(C)(C)[C@](C)(O)COc1cc(C(=O)N[C@@H](CC(=O)O)c2cccc(Cl)c2Cl)nn1-c1cccc(F)c1. The quantitative estimate of drug-likeness (QED) is 0.326. The molecule has 8 nitrogen and oxygen atoms in total. The Balaban J connectivity index is 1.97. The van der Waals surface area contributed by atoms with Crippen molar-refractivity contribution in [3.63, 3.8) is 0 Å². The molecule has 2 aromatic carbocycles. The molecule has 1 aromatic heterocycles. The maximum absolute atomic E-state index is 14.0. The molecule has 0 saturated heterocycles. The van der Waals surface area contributed by atoms with E-state index in [1.807, 2.05) is 20.8 Å². The molecule has 37 heavy (non-hydrogen) atoms. The highest BCUT2D eigenvalue weighted by atomic mass is 35.5. The molecule has 0 radical (unpaired) electrons. The summed E-state index contributed by atoms with van der Waals surface area (Å²) in [5.74, 6) is -2.33. The predicted octanol–water partition coefficient (Wildman–Crippen LogP) is 5.44. The third-order valence-electron chi connectivity index (χ3n) is 6.12. The van der Waals surface area contributed by atoms with Gasteiger partial charge in [0, 0.05) is 6.07 Å². The summed E-state index contributed by atoms with van der Waals surface area (Å²) in [5.41, 5.74) is -1.29. The number of hydrogen-bond acceptors (Lipinski definition) is 5. The van der Waals surface area contributed by atoms with Crippen molar-refractivity contribution in [1.82, 2.24) is 15.1 Å². The van der Waals surface area contributed by atoms with Crippen LogP contribution in [0.2, 0.25) is 10.0 Å². The number of carboxylic acid groups (broad SMARTS) is 1. The molecule has 0 aliphatic heterocycles. The Bertz CT molecular complexity index is 1300. The van der Waals surface area contributed by atoms with Crippen LogP contribution >= 0.6 is 23.2 Å². The number of nitrogens with one attached hydrogen (secondary N) is 1. The first-order valence-corrected chi connectivity index (χ1v) is 12.1. The first-order valence-electron chi connectivity index (χ1n) is 11.4. The van der Waals surface area contributed by atoms with Gasteiger partial charge in [-0.25, -0.2) is 9.07 Å². The minimum atomic E-state index is -1.25. The van der Waals surface area contributed by atoms with Crippen molar-refractivity contribution < 1.29 is 28.9 Å². The number of carbonyl (C=O) groups excluding carboxylic acids is 1. The first kappa shape index (κ1) is 28.4. The number of ether oxygens (including phenoxy) is 1. The van der Waals surface area contributed by atoms with Gasteiger partial charge in [-0.05, 0) is 42.2 Å². The minimum absolute atomic E-state index is 0.0795. The summed E-state index contributed by atoms with van der Waals surface area (Å²) in [4.78, 5) is 24.7. The Hall–Kier alpha value is -3.14. The Kier molecular flexibility index (Phi) is 8.52. The second kappa shape index (κ2) is 11.1. The second-order valence-electron chi connectivity index (χ2n) is 9.84. The summed E-state index contributed by atoms with van der Waals surface area (Å²) in [7, 11) is 0. The van der Waals surface area contributed by atoms with Gasteiger partial charge >= 0.3 is 5.97 Å². The lowest BCUT2D eigenvalue weighted by molar-refractivity contribution is -0.137. The van der Waals surface area contributed by atoms with Crippen LogP contribution < -0.4 is 10.1 Å². The van der Waals surface area contributed by atoms with Gasteiger partial charge in [0.2, 0.25) is 5.88 Å². The zero-order valence-electron chi connectivity index (χ0n) is 20.8. The fourth-order valence-electron chi connectivity index (χ4n) is 3.24. The van der Waals surface area contributed by atoms with Gasteiger partial charge in [0.15, 0.2) is 5.69 Å². The Morgan fingerprint density at radius 2 is 1.81 bits per heavy atom. The van der Waals surface area contributed by atoms with E-state index in [4.69, 9.17) is 27.9 Å². The highest BCUT2D eigenvalue weighted by Gasteiger charge is 2.36. The summed E-state index contributed by atoms with van der Waals surface area (Å²) in [5, 5.41) is 27.5. The van der Waals surface area contributed by atoms with E-state index >= 15 is 0 Å². The van der Waals surface area contributed by atoms with Gasteiger partial charge < -0.3 is 20.3 Å². The average Bonchev–Trinajstić information content (AvgIpc) is 3.23. The fraction of sp³-hybridized carbons (Fsp3) is 0.346. The number of benzene rings is 2. The molecule has 0 bridgehead atoms. The van der Waals surface area contributed by atoms with Crippen molar-refractivity contribution in [3.05, 3.63) is 75.7 Å². The monoisotopic (exact) mass is 551 g/mol. The molecule has 3 aromatic rings. The smallest absolute Gasteiger partial charge is 0.305 e. The molecule has 0 saturated carbocycles. The number of carbonyl (C=O) groups is 2. The lowest BCUT2D eigenvalue weighted by atomic mass is 9.78. The minimum Gasteiger partial charge on any atom is -0.481 e. The van der Waals surface area contributed by atoms with Crippen molar-refractivity contribution in [2.24, 2.45) is 5.41 Å². The lowest BCUT2D eigenvalue weighted by Crippen LogP contribution is -2.45. The summed E-state index contributed by atoms with van der Waals surface area (Å²) in [6, 6.07) is 10.5. The highest BCUT2D eigenvalue weighted by Crippen LogP contribution is 2.33. The Morgan fingerprint density at radius 3 is 2.43 bits per heavy atom. The average molecular weight is 552 g/mol. The zero-order chi connectivity index (χ0) is 27.5. The number of rotatable bonds is 9. The number of carboxylic acids is 1. The third-order valence-corrected chi connectivity index (χ3v) is 6.95. The largest absolute Gasteiger partial charge is 0.481 e. The number of halogens is 3. The molecule has 0 spiro atoms. The van der Waals surface area contributed by atoms with Crippen molar-refractivity contribution in [3.8, 4) is 11.6 Å². The molecule has 198 valence electrons. The molecular formula is C26H28Cl2FN3O5. The fourth-order valence-corrected chi connectivity index (χ4v) is 3.68. The topological polar surface area (TPSA) is 114 Å². The van der Waals surface area contributed by atoms with Crippen LogP contribution in [0.4, 0.5) is 4.39 Å². The van der Waals surface area contributed by atoms with Gasteiger partial charge in [-0.3, -0.25) is 9.59 Å². The first-order chi connectivity index (χ1) is 17.2. The molecule has 0 aliphatic rings. The maximum Gasteiger partial charge on any atom is 0.305 e. The van der Waals surface area contributed by atoms with E-state index in [2.05, 4.69) is 10.4 Å². The number of hydrogen-bond donors (Lipinski definition) is 3. The molecule has 1 heterocycles. The molecule has 2 atom stereocenters. The van der Waals surface area contributed by atoms with E-state index < -0.39 is 41.2 Å². The van der Waals surface area contributed by atoms with E-state index in [9.17, 15) is 24.2 Å². The van der Waals surface area contributed by atoms with Crippen LogP contribution in [0, 0.1) is 11.2 Å². The Morgan fingerprint density at radius 1 is 1.14 bits per heavy atom. The number of aromatic nitrogens is 2. The number of aliphatic carboxylic acids is 1. The number of aliphatic hydroxyl groups is 1. The van der Waals surface area contributed by atoms with Crippen molar-refractivity contribution >= 4 is 35.1 Å². The molecule has 0 aliphatic carbocycles. The van der Waals surface area contributed by atoms with Crippen LogP contribution in [0.1, 0.15) is 56.2 Å². The molecule has 3 N–H and O–H groups in total. The summed E-state index contributed by atoms with van der Waals surface area (Å²) >= 11 is 12.4. The van der Waals surface area contributed by atoms with Crippen LogP contribution in [0.5, 0.6) is 5.88 Å². The van der Waals surface area contributed by atoms with Gasteiger partial charge in [-0.2, -0.15) is 5.10 Å².